The quantitative estimate of drug-likeness (QED) is 0.784. The topological polar surface area (TPSA) is 64.7 Å². The van der Waals surface area contributed by atoms with Crippen molar-refractivity contribution in [2.45, 2.75) is 39.4 Å². The zero-order valence-electron chi connectivity index (χ0n) is 11.9. The van der Waals surface area contributed by atoms with Crippen LogP contribution in [0.4, 0.5) is 0 Å². The Morgan fingerprint density at radius 2 is 2.14 bits per heavy atom. The van der Waals surface area contributed by atoms with Gasteiger partial charge in [0.15, 0.2) is 0 Å². The number of nitrogens with zero attached hydrogens (tertiary/aromatic N) is 4. The van der Waals surface area contributed by atoms with E-state index >= 15 is 0 Å². The molecule has 0 aromatic carbocycles. The maximum absolute atomic E-state index is 12.3. The molecule has 2 rings (SSSR count). The fraction of sp³-hybridized carbons (Fsp3) is 0.462. The second-order valence-corrected chi connectivity index (χ2v) is 6.33. The molecule has 6 nitrogen and oxygen atoms in total. The fourth-order valence-electron chi connectivity index (χ4n) is 1.99. The van der Waals surface area contributed by atoms with Crippen LogP contribution >= 0.6 is 31.9 Å². The molecule has 2 aromatic rings. The SMILES string of the molecule is CCC(C(=O)NCc1nn(CC)cc1Br)n1cc(Br)cn1. The van der Waals surface area contributed by atoms with Crippen molar-refractivity contribution >= 4 is 37.8 Å². The Balaban J connectivity index is 2.01. The molecule has 0 spiro atoms. The highest BCUT2D eigenvalue weighted by Crippen LogP contribution is 2.17. The molecule has 1 amide bonds. The van der Waals surface area contributed by atoms with Gasteiger partial charge in [-0.25, -0.2) is 0 Å². The Morgan fingerprint density at radius 1 is 1.38 bits per heavy atom. The Morgan fingerprint density at radius 3 is 2.67 bits per heavy atom. The van der Waals surface area contributed by atoms with Gasteiger partial charge in [0.05, 0.1) is 27.4 Å². The molecular formula is C13H17Br2N5O. The fourth-order valence-corrected chi connectivity index (χ4v) is 2.74. The first-order chi connectivity index (χ1) is 10.0. The summed E-state index contributed by atoms with van der Waals surface area (Å²) in [4.78, 5) is 12.3. The van der Waals surface area contributed by atoms with Gasteiger partial charge in [0.1, 0.15) is 6.04 Å². The van der Waals surface area contributed by atoms with Crippen LogP contribution in [0.3, 0.4) is 0 Å². The summed E-state index contributed by atoms with van der Waals surface area (Å²) < 4.78 is 5.25. The van der Waals surface area contributed by atoms with Gasteiger partial charge in [-0.2, -0.15) is 10.2 Å². The highest BCUT2D eigenvalue weighted by atomic mass is 79.9. The van der Waals surface area contributed by atoms with Gasteiger partial charge in [-0.05, 0) is 45.2 Å². The monoisotopic (exact) mass is 417 g/mol. The number of halogens is 2. The Bertz CT molecular complexity index is 622. The van der Waals surface area contributed by atoms with Crippen LogP contribution in [0, 0.1) is 0 Å². The lowest BCUT2D eigenvalue weighted by Crippen LogP contribution is -2.32. The van der Waals surface area contributed by atoms with Crippen molar-refractivity contribution in [3.8, 4) is 0 Å². The predicted octanol–water partition coefficient (Wildman–Crippen LogP) is 2.89. The summed E-state index contributed by atoms with van der Waals surface area (Å²) in [6.45, 7) is 5.17. The second-order valence-electron chi connectivity index (χ2n) is 4.56. The minimum atomic E-state index is -0.316. The Kier molecular flexibility index (Phi) is 5.58. The van der Waals surface area contributed by atoms with E-state index in [1.54, 1.807) is 17.1 Å². The molecule has 0 saturated carbocycles. The third kappa shape index (κ3) is 3.94. The van der Waals surface area contributed by atoms with E-state index in [0.29, 0.717) is 13.0 Å². The zero-order chi connectivity index (χ0) is 15.4. The molecule has 21 heavy (non-hydrogen) atoms. The molecule has 2 heterocycles. The van der Waals surface area contributed by atoms with Gasteiger partial charge in [-0.1, -0.05) is 6.92 Å². The molecule has 0 aliphatic carbocycles. The van der Waals surface area contributed by atoms with Crippen LogP contribution in [0.2, 0.25) is 0 Å². The number of carbonyl (C=O) groups is 1. The summed E-state index contributed by atoms with van der Waals surface area (Å²) >= 11 is 6.79. The van der Waals surface area contributed by atoms with Crippen LogP contribution in [0.15, 0.2) is 27.5 Å². The maximum Gasteiger partial charge on any atom is 0.245 e. The van der Waals surface area contributed by atoms with Gasteiger partial charge in [0.25, 0.3) is 0 Å². The lowest BCUT2D eigenvalue weighted by Gasteiger charge is -2.15. The molecular weight excluding hydrogens is 402 g/mol. The predicted molar refractivity (Wildman–Crippen MR) is 86.7 cm³/mol. The van der Waals surface area contributed by atoms with Gasteiger partial charge in [-0.15, -0.1) is 0 Å². The van der Waals surface area contributed by atoms with Crippen LogP contribution in [0.5, 0.6) is 0 Å². The average Bonchev–Trinajstić information content (AvgIpc) is 3.04. The van der Waals surface area contributed by atoms with Crippen molar-refractivity contribution in [3.05, 3.63) is 33.2 Å². The van der Waals surface area contributed by atoms with Crippen LogP contribution in [0.25, 0.3) is 0 Å². The molecule has 1 unspecified atom stereocenters. The van der Waals surface area contributed by atoms with Crippen molar-refractivity contribution in [2.75, 3.05) is 0 Å². The number of carbonyl (C=O) groups excluding carboxylic acids is 1. The summed E-state index contributed by atoms with van der Waals surface area (Å²) in [5.41, 5.74) is 0.821. The third-order valence-electron chi connectivity index (χ3n) is 3.12. The molecule has 0 fully saturated rings. The molecule has 2 aromatic heterocycles. The summed E-state index contributed by atoms with van der Waals surface area (Å²) in [6.07, 6.45) is 6.05. The van der Waals surface area contributed by atoms with Crippen molar-refractivity contribution in [1.29, 1.82) is 0 Å². The minimum absolute atomic E-state index is 0.0638. The van der Waals surface area contributed by atoms with E-state index in [1.807, 2.05) is 24.7 Å². The normalized spacial score (nSPS) is 12.4. The number of hydrogen-bond donors (Lipinski definition) is 1. The Hall–Kier alpha value is -1.15. The number of aryl methyl sites for hydroxylation is 1. The summed E-state index contributed by atoms with van der Waals surface area (Å²) in [6, 6.07) is -0.316. The van der Waals surface area contributed by atoms with E-state index in [2.05, 4.69) is 47.4 Å². The number of amides is 1. The van der Waals surface area contributed by atoms with Crippen LogP contribution in [-0.4, -0.2) is 25.5 Å². The molecule has 0 bridgehead atoms. The molecule has 0 radical (unpaired) electrons. The molecule has 1 N–H and O–H groups in total. The first-order valence-corrected chi connectivity index (χ1v) is 8.32. The lowest BCUT2D eigenvalue weighted by atomic mass is 10.2. The average molecular weight is 419 g/mol. The van der Waals surface area contributed by atoms with Crippen molar-refractivity contribution < 1.29 is 4.79 Å². The van der Waals surface area contributed by atoms with E-state index in [9.17, 15) is 4.79 Å². The standard InChI is InChI=1S/C13H17Br2N5O/c1-3-12(20-7-9(14)5-17-20)13(21)16-6-11-10(15)8-19(4-2)18-11/h5,7-8,12H,3-4,6H2,1-2H3,(H,16,21). The van der Waals surface area contributed by atoms with E-state index < -0.39 is 0 Å². The molecule has 8 heteroatoms. The van der Waals surface area contributed by atoms with Crippen LogP contribution in [-0.2, 0) is 17.9 Å². The van der Waals surface area contributed by atoms with E-state index in [-0.39, 0.29) is 11.9 Å². The number of rotatable bonds is 6. The van der Waals surface area contributed by atoms with Gasteiger partial charge in [-0.3, -0.25) is 14.2 Å². The third-order valence-corrected chi connectivity index (χ3v) is 4.19. The van der Waals surface area contributed by atoms with Crippen molar-refractivity contribution in [2.24, 2.45) is 0 Å². The second kappa shape index (κ2) is 7.22. The smallest absolute Gasteiger partial charge is 0.245 e. The van der Waals surface area contributed by atoms with Crippen molar-refractivity contribution in [1.82, 2.24) is 24.9 Å². The highest BCUT2D eigenvalue weighted by Gasteiger charge is 2.19. The van der Waals surface area contributed by atoms with E-state index in [0.717, 1.165) is 21.2 Å². The molecule has 1 atom stereocenters. The largest absolute Gasteiger partial charge is 0.348 e. The van der Waals surface area contributed by atoms with Crippen LogP contribution < -0.4 is 5.32 Å². The summed E-state index contributed by atoms with van der Waals surface area (Å²) in [7, 11) is 0. The molecule has 114 valence electrons. The summed E-state index contributed by atoms with van der Waals surface area (Å²) in [5.74, 6) is -0.0638. The van der Waals surface area contributed by atoms with E-state index in [4.69, 9.17) is 0 Å². The lowest BCUT2D eigenvalue weighted by molar-refractivity contribution is -0.124. The van der Waals surface area contributed by atoms with Crippen LogP contribution in [0.1, 0.15) is 32.0 Å². The number of aromatic nitrogens is 4. The van der Waals surface area contributed by atoms with Crippen molar-refractivity contribution in [3.63, 3.8) is 0 Å². The van der Waals surface area contributed by atoms with Gasteiger partial charge >= 0.3 is 0 Å². The molecule has 0 aliphatic heterocycles. The van der Waals surface area contributed by atoms with Gasteiger partial charge in [0, 0.05) is 18.9 Å². The number of hydrogen-bond acceptors (Lipinski definition) is 3. The van der Waals surface area contributed by atoms with Gasteiger partial charge in [0.2, 0.25) is 5.91 Å². The molecule has 0 saturated heterocycles. The van der Waals surface area contributed by atoms with E-state index in [1.165, 1.54) is 0 Å². The Labute approximate surface area is 140 Å². The minimum Gasteiger partial charge on any atom is -0.348 e. The van der Waals surface area contributed by atoms with Gasteiger partial charge < -0.3 is 5.32 Å². The number of nitrogens with one attached hydrogen (secondary N) is 1. The summed E-state index contributed by atoms with van der Waals surface area (Å²) in [5, 5.41) is 11.5. The highest BCUT2D eigenvalue weighted by molar-refractivity contribution is 9.10. The maximum atomic E-state index is 12.3. The zero-order valence-corrected chi connectivity index (χ0v) is 15.1. The first kappa shape index (κ1) is 16.2. The first-order valence-electron chi connectivity index (χ1n) is 6.74. The molecule has 0 aliphatic rings.